The van der Waals surface area contributed by atoms with Crippen molar-refractivity contribution in [1.82, 2.24) is 59.7 Å². The van der Waals surface area contributed by atoms with Crippen molar-refractivity contribution in [2.75, 3.05) is 36.5 Å². The van der Waals surface area contributed by atoms with Crippen LogP contribution in [0.4, 0.5) is 16.2 Å². The molecule has 0 saturated carbocycles. The van der Waals surface area contributed by atoms with E-state index in [1.165, 1.54) is 22.6 Å². The summed E-state index contributed by atoms with van der Waals surface area (Å²) in [5, 5.41) is 32.3. The third-order valence-electron chi connectivity index (χ3n) is 18.2. The first-order chi connectivity index (χ1) is 49.7. The molecule has 0 atom stereocenters. The molecular formula is C80H99Br3Cl2N14O8Si2. The number of aromatic nitrogens is 10. The molecule has 0 aliphatic heterocycles. The van der Waals surface area contributed by atoms with E-state index in [9.17, 15) is 14.4 Å². The summed E-state index contributed by atoms with van der Waals surface area (Å²) in [6.07, 6.45) is 12.8. The number of rotatable bonds is 14. The molecule has 109 heavy (non-hydrogen) atoms. The third-order valence-corrected chi connectivity index (χ3v) is 29.3. The first-order valence-corrected chi connectivity index (χ1v) is 42.7. The van der Waals surface area contributed by atoms with Crippen molar-refractivity contribution < 1.29 is 36.5 Å². The summed E-state index contributed by atoms with van der Waals surface area (Å²) in [5.41, 5.74) is 13.1. The van der Waals surface area contributed by atoms with E-state index >= 15 is 0 Å². The fourth-order valence-corrected chi connectivity index (χ4v) is 14.3. The van der Waals surface area contributed by atoms with Crippen molar-refractivity contribution in [2.45, 2.75) is 142 Å². The molecule has 3 amide bonds. The van der Waals surface area contributed by atoms with Gasteiger partial charge in [0, 0.05) is 112 Å². The van der Waals surface area contributed by atoms with E-state index in [1.807, 2.05) is 105 Å². The number of aryl methyl sites for hydroxylation is 3. The van der Waals surface area contributed by atoms with E-state index in [4.69, 9.17) is 45.3 Å². The number of hydrogen-bond donors (Lipinski definition) is 3. The van der Waals surface area contributed by atoms with E-state index in [0.717, 1.165) is 82.3 Å². The highest BCUT2D eigenvalue weighted by Gasteiger charge is 2.38. The van der Waals surface area contributed by atoms with E-state index < -0.39 is 22.7 Å². The predicted octanol–water partition coefficient (Wildman–Crippen LogP) is 22.7. The molecule has 0 spiro atoms. The lowest BCUT2D eigenvalue weighted by Crippen LogP contribution is -2.43. The largest absolute Gasteiger partial charge is 0.415 e. The number of anilines is 2. The highest BCUT2D eigenvalue weighted by atomic mass is 79.9. The summed E-state index contributed by atoms with van der Waals surface area (Å²) in [4.78, 5) is 37.9. The quantitative estimate of drug-likeness (QED) is 0.0520. The fraction of sp³-hybridized carbons (Fsp3) is 0.312. The second-order valence-corrected chi connectivity index (χ2v) is 40.9. The van der Waals surface area contributed by atoms with Crippen LogP contribution < -0.4 is 21.1 Å². The maximum Gasteiger partial charge on any atom is 0.344 e. The van der Waals surface area contributed by atoms with Gasteiger partial charge in [-0.2, -0.15) is 0 Å². The number of carbonyl (C=O) groups is 3. The molecule has 0 bridgehead atoms. The third kappa shape index (κ3) is 22.3. The van der Waals surface area contributed by atoms with Gasteiger partial charge in [-0.05, 0) is 175 Å². The van der Waals surface area contributed by atoms with Crippen LogP contribution in [0.5, 0.6) is 0 Å². The number of hydrogen-bond acceptors (Lipinski definition) is 15. The lowest BCUT2D eigenvalue weighted by atomic mass is 10.1. The zero-order valence-corrected chi connectivity index (χ0v) is 69.0. The van der Waals surface area contributed by atoms with Crippen molar-refractivity contribution in [3.8, 4) is 18.0 Å². The molecule has 14 rings (SSSR count). The van der Waals surface area contributed by atoms with Crippen LogP contribution in [0.1, 0.15) is 117 Å². The van der Waals surface area contributed by atoms with Crippen molar-refractivity contribution >= 4 is 167 Å². The summed E-state index contributed by atoms with van der Waals surface area (Å²) in [5.74, 6) is 1.00. The van der Waals surface area contributed by atoms with Gasteiger partial charge >= 0.3 is 24.1 Å². The van der Waals surface area contributed by atoms with Crippen molar-refractivity contribution in [3.63, 3.8) is 0 Å². The molecule has 3 N–H and O–H groups in total. The number of halogens is 5. The molecule has 29 heteroatoms. The highest BCUT2D eigenvalue weighted by molar-refractivity contribution is 9.11. The Morgan fingerprint density at radius 2 is 0.982 bits per heavy atom. The Labute approximate surface area is 676 Å². The van der Waals surface area contributed by atoms with Crippen LogP contribution in [-0.2, 0) is 20.1 Å². The van der Waals surface area contributed by atoms with Gasteiger partial charge in [0.1, 0.15) is 0 Å². The lowest BCUT2D eigenvalue weighted by molar-refractivity contribution is -0.119. The minimum atomic E-state index is -2.00. The number of nitrogens with zero attached hydrogens (tertiary/aromatic N) is 11. The van der Waals surface area contributed by atoms with E-state index in [1.54, 1.807) is 50.1 Å². The Balaban J connectivity index is 0.000000223. The van der Waals surface area contributed by atoms with Gasteiger partial charge in [-0.25, -0.2) is 10.2 Å². The van der Waals surface area contributed by atoms with Gasteiger partial charge in [0.05, 0.1) is 50.9 Å². The zero-order valence-electron chi connectivity index (χ0n) is 60.8. The van der Waals surface area contributed by atoms with Gasteiger partial charge < -0.3 is 32.3 Å². The number of allylic oxidation sites excluding steroid dienone is 1. The smallest absolute Gasteiger partial charge is 0.344 e. The minimum Gasteiger partial charge on any atom is -0.415 e. The van der Waals surface area contributed by atoms with Crippen LogP contribution >= 0.6 is 71.0 Å². The molecular weight excluding hydrogens is 1650 g/mol. The van der Waals surface area contributed by atoms with Gasteiger partial charge in [0.25, 0.3) is 5.91 Å². The molecule has 0 unspecified atom stereocenters. The van der Waals surface area contributed by atoms with Crippen LogP contribution in [0.3, 0.4) is 0 Å². The van der Waals surface area contributed by atoms with Gasteiger partial charge in [-0.1, -0.05) is 182 Å². The fourth-order valence-electron chi connectivity index (χ4n) is 10.5. The number of fused-ring (bicyclic) bond motifs is 5. The number of carbonyl (C=O) groups excluding carboxylic acids is 3. The van der Waals surface area contributed by atoms with E-state index in [-0.39, 0.29) is 57.2 Å². The first-order valence-electron chi connectivity index (χ1n) is 33.7. The summed E-state index contributed by atoms with van der Waals surface area (Å²) >= 11 is 23.0. The van der Waals surface area contributed by atoms with E-state index in [0.29, 0.717) is 64.6 Å². The van der Waals surface area contributed by atoms with Crippen molar-refractivity contribution in [1.29, 1.82) is 0 Å². The van der Waals surface area contributed by atoms with Gasteiger partial charge in [0.2, 0.25) is 23.6 Å². The number of nitrogens with one attached hydrogen (secondary N) is 3. The van der Waals surface area contributed by atoms with Crippen LogP contribution in [0.25, 0.3) is 67.7 Å². The van der Waals surface area contributed by atoms with E-state index in [2.05, 4.69) is 217 Å². The van der Waals surface area contributed by atoms with Crippen LogP contribution in [0.2, 0.25) is 46.3 Å². The summed E-state index contributed by atoms with van der Waals surface area (Å²) in [7, 11) is -3.69. The molecule has 6 aromatic carbocycles. The molecule has 580 valence electrons. The summed E-state index contributed by atoms with van der Waals surface area (Å²) in [6, 6.07) is 43.9. The standard InChI is InChI=1S/C26H30Cl2N4O3Si.C19H28N4O2Si.C11H10BrN3O2.C11H8BrN3O.C9H7Br.4CH4/c1-17-29-30-25(35-17)32-13-12-18-16-19(10-11-22(18)32)31(14-15-34-36(5,6)26(2,3)4)24(33)23-20(27)8-7-9-21(23)28;1-14-21-22-18(25-14)23-11-9-15-13-16(7-8-17(15)23)20-10-12-24-26(5,6)19(2,3)4;1-7(16)13-14-11(17)15-5-4-8-6-9(12)2-3-10(8)15;1-7-13-14-11(16-7)15-5-4-8-6-9(12)2-3-10(8)15;10-9-5-4-7-2-1-3-8(7)6-9;;;;/h7-13,16H,14-15H2,1-6H3;7-9,11,13,20H,10,12H2,1-6H3;2-6H,1H3,(H,13,16)(H,14,17);2-6H,1H3;1,3-6H,2H2;4*1H4. The van der Waals surface area contributed by atoms with Crippen LogP contribution in [-0.4, -0.2) is 110 Å². The maximum atomic E-state index is 13.8. The number of amides is 3. The maximum absolute atomic E-state index is 13.8. The van der Waals surface area contributed by atoms with Crippen molar-refractivity contribution in [3.05, 3.63) is 222 Å². The average Bonchev–Trinajstić information content (AvgIpc) is 1.71. The Kier molecular flexibility index (Phi) is 31.3. The highest BCUT2D eigenvalue weighted by Crippen LogP contribution is 2.39. The second-order valence-electron chi connectivity index (χ2n) is 27.7. The normalized spacial score (nSPS) is 11.6. The molecule has 0 radical (unpaired) electrons. The molecule has 1 aliphatic rings. The number of benzene rings is 6. The lowest BCUT2D eigenvalue weighted by Gasteiger charge is -2.37. The number of hydrazine groups is 1. The summed E-state index contributed by atoms with van der Waals surface area (Å²) in [6.45, 7) is 31.2. The predicted molar refractivity (Wildman–Crippen MR) is 459 cm³/mol. The van der Waals surface area contributed by atoms with Crippen LogP contribution in [0, 0.1) is 20.8 Å². The second kappa shape index (κ2) is 38.2. The Hall–Kier alpha value is -8.78. The molecule has 7 aromatic heterocycles. The Bertz CT molecular complexity index is 5260. The molecule has 0 fully saturated rings. The summed E-state index contributed by atoms with van der Waals surface area (Å²) < 4.78 is 39.3. The molecule has 22 nitrogen and oxygen atoms in total. The topological polar surface area (TPSA) is 245 Å². The van der Waals surface area contributed by atoms with Gasteiger partial charge in [0.15, 0.2) is 16.6 Å². The average molecular weight is 1750 g/mol. The monoisotopic (exact) mass is 1750 g/mol. The van der Waals surface area contributed by atoms with Gasteiger partial charge in [-0.15, -0.1) is 15.3 Å². The molecule has 7 heterocycles. The van der Waals surface area contributed by atoms with Crippen molar-refractivity contribution in [2.24, 2.45) is 0 Å². The Morgan fingerprint density at radius 3 is 1.48 bits per heavy atom. The molecule has 0 saturated heterocycles. The molecule has 1 aliphatic carbocycles. The van der Waals surface area contributed by atoms with Crippen LogP contribution in [0.15, 0.2) is 191 Å². The Morgan fingerprint density at radius 1 is 0.541 bits per heavy atom. The zero-order chi connectivity index (χ0) is 75.7. The molecule has 13 aromatic rings. The SMILES string of the molecule is Brc1ccc2c(c1)C=CC2.C.C.C.C.CC(=O)NNC(=O)n1ccc2cc(Br)ccc21.Cc1nnc(-n2ccc3cc(Br)ccc32)o1.Cc1nnc(-n2ccc3cc(N(CCO[Si](C)(C)C(C)(C)C)C(=O)c4c(Cl)cccc4Cl)ccc32)o1.Cc1nnc(-n2ccc3cc(NCCO[Si](C)(C)C(C)(C)C)ccc32)o1. The first kappa shape index (κ1) is 89.1. The minimum absolute atomic E-state index is 0. The van der Waals surface area contributed by atoms with Gasteiger partial charge in [-0.3, -0.25) is 33.3 Å².